The van der Waals surface area contributed by atoms with Crippen molar-refractivity contribution in [1.82, 2.24) is 0 Å². The number of ketones is 1. The van der Waals surface area contributed by atoms with E-state index in [2.05, 4.69) is 54.3 Å². The van der Waals surface area contributed by atoms with E-state index in [4.69, 9.17) is 15.2 Å². The van der Waals surface area contributed by atoms with Crippen LogP contribution >= 0.6 is 0 Å². The number of primary amides is 1. The summed E-state index contributed by atoms with van der Waals surface area (Å²) in [5, 5.41) is 24.4. The van der Waals surface area contributed by atoms with E-state index >= 15 is 0 Å². The summed E-state index contributed by atoms with van der Waals surface area (Å²) >= 11 is 0. The van der Waals surface area contributed by atoms with Crippen molar-refractivity contribution in [3.05, 3.63) is 12.7 Å². The fraction of sp³-hybridized carbons (Fsp3) is 0.871. The highest BCUT2D eigenvalue weighted by Crippen LogP contribution is 2.75. The molecule has 224 valence electrons. The lowest BCUT2D eigenvalue weighted by atomic mass is 9.36. The van der Waals surface area contributed by atoms with Gasteiger partial charge in [-0.3, -0.25) is 4.79 Å². The average Bonchev–Trinajstić information content (AvgIpc) is 2.70. The van der Waals surface area contributed by atoms with E-state index in [1.807, 2.05) is 27.7 Å². The van der Waals surface area contributed by atoms with Crippen LogP contribution in [-0.2, 0) is 14.3 Å². The number of aliphatic hydroxyl groups excluding tert-OH is 1. The second-order valence-electron chi connectivity index (χ2n) is 16.7. The molecule has 1 heterocycles. The van der Waals surface area contributed by atoms with Crippen LogP contribution in [0.15, 0.2) is 12.7 Å². The van der Waals surface area contributed by atoms with Crippen molar-refractivity contribution in [3.8, 4) is 0 Å². The Morgan fingerprint density at radius 3 is 2.03 bits per heavy atom. The van der Waals surface area contributed by atoms with Gasteiger partial charge in [0.2, 0.25) is 0 Å². The average molecular weight is 566 g/mol. The molecule has 1 amide bonds. The highest BCUT2D eigenvalue weighted by molar-refractivity contribution is 6.83. The zero-order valence-corrected chi connectivity index (χ0v) is 27.7. The van der Waals surface area contributed by atoms with Crippen LogP contribution in [-0.4, -0.2) is 58.3 Å². The van der Waals surface area contributed by atoms with Gasteiger partial charge in [-0.15, -0.1) is 6.58 Å². The Morgan fingerprint density at radius 1 is 1.10 bits per heavy atom. The van der Waals surface area contributed by atoms with Crippen molar-refractivity contribution in [3.63, 3.8) is 0 Å². The Labute approximate surface area is 237 Å². The van der Waals surface area contributed by atoms with Crippen molar-refractivity contribution in [2.45, 2.75) is 142 Å². The molecule has 3 aliphatic rings. The molecule has 1 saturated heterocycles. The van der Waals surface area contributed by atoms with E-state index in [1.54, 1.807) is 19.9 Å². The standard InChI is InChI=1S/C31H55NO6Si/c1-15-27(10)18-19(33)31(36)28(11)22(20(34)21(24(2,3)4)29(31,12)38-27)26(8,9)16-17-30(28,37-23(32)35)39(13,14)25(5,6)7/h15,20-22,34,36H,1,16-18H2,2-14H3,(H2,32,35)/t20-,21-,22+,27+,28-,29-,30+,31+/m1/s1. The van der Waals surface area contributed by atoms with Crippen LogP contribution < -0.4 is 5.73 Å². The molecule has 3 rings (SSSR count). The maximum Gasteiger partial charge on any atom is 0.404 e. The topological polar surface area (TPSA) is 119 Å². The summed E-state index contributed by atoms with van der Waals surface area (Å²) in [6.07, 6.45) is 0.676. The molecule has 7 nitrogen and oxygen atoms in total. The Kier molecular flexibility index (Phi) is 7.16. The van der Waals surface area contributed by atoms with Crippen molar-refractivity contribution in [1.29, 1.82) is 0 Å². The van der Waals surface area contributed by atoms with Crippen LogP contribution in [0, 0.1) is 28.1 Å². The summed E-state index contributed by atoms with van der Waals surface area (Å²) in [5.74, 6) is -1.60. The van der Waals surface area contributed by atoms with Gasteiger partial charge in [-0.05, 0) is 42.6 Å². The first-order valence-electron chi connectivity index (χ1n) is 14.4. The minimum atomic E-state index is -2.81. The lowest BCUT2D eigenvalue weighted by molar-refractivity contribution is -0.377. The first-order valence-corrected chi connectivity index (χ1v) is 17.4. The lowest BCUT2D eigenvalue weighted by Gasteiger charge is -2.78. The van der Waals surface area contributed by atoms with Crippen molar-refractivity contribution in [2.24, 2.45) is 33.8 Å². The number of Topliss-reactive ketones (excluding diaryl/α,β-unsaturated/α-hetero) is 1. The van der Waals surface area contributed by atoms with E-state index in [0.717, 1.165) is 0 Å². The molecule has 0 aromatic rings. The number of nitrogens with two attached hydrogens (primary N) is 1. The maximum atomic E-state index is 14.7. The number of hydrogen-bond acceptors (Lipinski definition) is 6. The highest BCUT2D eigenvalue weighted by atomic mass is 28.3. The van der Waals surface area contributed by atoms with E-state index in [9.17, 15) is 19.8 Å². The molecule has 3 fully saturated rings. The monoisotopic (exact) mass is 565 g/mol. The van der Waals surface area contributed by atoms with Gasteiger partial charge in [0.25, 0.3) is 0 Å². The summed E-state index contributed by atoms with van der Waals surface area (Å²) in [7, 11) is -2.81. The molecule has 1 aliphatic heterocycles. The summed E-state index contributed by atoms with van der Waals surface area (Å²) < 4.78 is 13.3. The fourth-order valence-corrected chi connectivity index (χ4v) is 13.6. The van der Waals surface area contributed by atoms with Crippen LogP contribution in [0.5, 0.6) is 0 Å². The number of hydrogen-bond donors (Lipinski definition) is 3. The molecule has 4 N–H and O–H groups in total. The first kappa shape index (κ1) is 32.3. The molecule has 0 unspecified atom stereocenters. The number of carbonyl (C=O) groups is 2. The lowest BCUT2D eigenvalue weighted by Crippen LogP contribution is -2.91. The van der Waals surface area contributed by atoms with Gasteiger partial charge in [0.15, 0.2) is 11.4 Å². The number of amides is 1. The molecule has 2 aliphatic carbocycles. The van der Waals surface area contributed by atoms with E-state index in [-0.39, 0.29) is 17.2 Å². The Hall–Kier alpha value is -1.22. The van der Waals surface area contributed by atoms with Gasteiger partial charge in [0.05, 0.1) is 11.7 Å². The maximum absolute atomic E-state index is 14.7. The molecule has 8 heteroatoms. The van der Waals surface area contributed by atoms with Crippen molar-refractivity contribution >= 4 is 20.0 Å². The molecule has 0 spiro atoms. The molecular formula is C31H55NO6Si. The third-order valence-corrected chi connectivity index (χ3v) is 18.7. The van der Waals surface area contributed by atoms with E-state index < -0.39 is 70.4 Å². The molecule has 8 atom stereocenters. The third kappa shape index (κ3) is 3.83. The Balaban J connectivity index is 2.62. The molecule has 2 saturated carbocycles. The quantitative estimate of drug-likeness (QED) is 0.295. The summed E-state index contributed by atoms with van der Waals surface area (Å²) in [5.41, 5.74) is -1.29. The predicted octanol–water partition coefficient (Wildman–Crippen LogP) is 5.77. The minimum absolute atomic E-state index is 0.0809. The molecule has 0 bridgehead atoms. The number of aliphatic hydroxyl groups is 2. The van der Waals surface area contributed by atoms with Crippen LogP contribution in [0.4, 0.5) is 4.79 Å². The largest absolute Gasteiger partial charge is 0.446 e. The smallest absolute Gasteiger partial charge is 0.404 e. The number of carbonyl (C=O) groups excluding carboxylic acids is 2. The SMILES string of the molecule is C=C[C@@]1(C)CC(=O)[C@]2(O)[C@]3(C)[C@@H]([C@H](O)[C@H](C(C)(C)C)[C@@]2(C)O1)C(C)(C)CC[C@]3(OC(N)=O)[Si](C)(C)C(C)(C)C. The Morgan fingerprint density at radius 2 is 1.62 bits per heavy atom. The molecule has 0 radical (unpaired) electrons. The van der Waals surface area contributed by atoms with Crippen molar-refractivity contribution < 1.29 is 29.3 Å². The molecule has 0 aromatic heterocycles. The van der Waals surface area contributed by atoms with Gasteiger partial charge < -0.3 is 25.4 Å². The zero-order valence-electron chi connectivity index (χ0n) is 26.7. The van der Waals surface area contributed by atoms with Crippen LogP contribution in [0.25, 0.3) is 0 Å². The van der Waals surface area contributed by atoms with Gasteiger partial charge in [-0.1, -0.05) is 81.5 Å². The molecular weight excluding hydrogens is 510 g/mol. The van der Waals surface area contributed by atoms with Gasteiger partial charge >= 0.3 is 6.09 Å². The fourth-order valence-electron chi connectivity index (χ4n) is 9.67. The summed E-state index contributed by atoms with van der Waals surface area (Å²) in [6, 6.07) is 0. The van der Waals surface area contributed by atoms with Gasteiger partial charge in [0, 0.05) is 23.7 Å². The molecule has 0 aromatic carbocycles. The van der Waals surface area contributed by atoms with Crippen molar-refractivity contribution in [2.75, 3.05) is 0 Å². The molecule has 39 heavy (non-hydrogen) atoms. The second-order valence-corrected chi connectivity index (χ2v) is 22.2. The van der Waals surface area contributed by atoms with Crippen LogP contribution in [0.1, 0.15) is 95.4 Å². The highest BCUT2D eigenvalue weighted by Gasteiger charge is 2.86. The van der Waals surface area contributed by atoms with Crippen LogP contribution in [0.2, 0.25) is 18.1 Å². The first-order chi connectivity index (χ1) is 17.2. The third-order valence-electron chi connectivity index (χ3n) is 12.1. The minimum Gasteiger partial charge on any atom is -0.446 e. The van der Waals surface area contributed by atoms with E-state index in [0.29, 0.717) is 12.8 Å². The predicted molar refractivity (Wildman–Crippen MR) is 157 cm³/mol. The summed E-state index contributed by atoms with van der Waals surface area (Å²) in [6.45, 7) is 30.3. The normalized spacial score (nSPS) is 44.7. The number of ether oxygens (including phenoxy) is 2. The number of rotatable bonds is 3. The van der Waals surface area contributed by atoms with Gasteiger partial charge in [-0.25, -0.2) is 4.79 Å². The zero-order chi connectivity index (χ0) is 30.6. The number of fused-ring (bicyclic) bond motifs is 3. The van der Waals surface area contributed by atoms with Gasteiger partial charge in [-0.2, -0.15) is 0 Å². The summed E-state index contributed by atoms with van der Waals surface area (Å²) in [4.78, 5) is 27.6. The van der Waals surface area contributed by atoms with E-state index in [1.165, 1.54) is 0 Å². The Bertz CT molecular complexity index is 1060. The van der Waals surface area contributed by atoms with Gasteiger partial charge in [0.1, 0.15) is 18.9 Å². The second kappa shape index (κ2) is 8.65. The van der Waals surface area contributed by atoms with Crippen LogP contribution in [0.3, 0.4) is 0 Å².